The van der Waals surface area contributed by atoms with Crippen LogP contribution in [0.2, 0.25) is 0 Å². The van der Waals surface area contributed by atoms with E-state index in [4.69, 9.17) is 10.8 Å². The number of hydrogen-bond donors (Lipinski definition) is 2. The number of fused-ring (bicyclic) bond motifs is 1. The number of pyridine rings is 1. The molecule has 1 aromatic carbocycles. The molecule has 0 saturated heterocycles. The number of nitrogens with two attached hydrogens (primary N) is 1. The predicted octanol–water partition coefficient (Wildman–Crippen LogP) is 2.72. The second-order valence-electron chi connectivity index (χ2n) is 5.05. The number of rotatable bonds is 5. The van der Waals surface area contributed by atoms with E-state index in [0.29, 0.717) is 5.82 Å². The first kappa shape index (κ1) is 13.6. The average Bonchev–Trinajstić information content (AvgIpc) is 2.86. The van der Waals surface area contributed by atoms with Crippen molar-refractivity contribution in [3.8, 4) is 0 Å². The van der Waals surface area contributed by atoms with E-state index >= 15 is 0 Å². The van der Waals surface area contributed by atoms with Crippen molar-refractivity contribution in [2.24, 2.45) is 5.84 Å². The molecule has 0 aliphatic rings. The quantitative estimate of drug-likeness (QED) is 0.557. The van der Waals surface area contributed by atoms with Crippen LogP contribution in [-0.4, -0.2) is 14.5 Å². The zero-order chi connectivity index (χ0) is 14.7. The molecular weight excluding hydrogens is 262 g/mol. The smallest absolute Gasteiger partial charge is 0.139 e. The number of para-hydroxylation sites is 2. The van der Waals surface area contributed by atoms with Crippen LogP contribution in [0.1, 0.15) is 24.7 Å². The normalized spacial score (nSPS) is 11.0. The summed E-state index contributed by atoms with van der Waals surface area (Å²) in [6.07, 6.45) is 3.90. The van der Waals surface area contributed by atoms with Crippen molar-refractivity contribution in [3.05, 3.63) is 54.0 Å². The molecule has 5 nitrogen and oxygen atoms in total. The molecule has 0 radical (unpaired) electrons. The Morgan fingerprint density at radius 3 is 2.76 bits per heavy atom. The maximum absolute atomic E-state index is 5.35. The third kappa shape index (κ3) is 2.73. The number of nitrogens with one attached hydrogen (secondary N) is 1. The Hall–Kier alpha value is -2.40. The number of nitrogen functional groups attached to an aromatic ring is 1. The second-order valence-corrected chi connectivity index (χ2v) is 5.05. The zero-order valence-electron chi connectivity index (χ0n) is 12.1. The van der Waals surface area contributed by atoms with Crippen LogP contribution >= 0.6 is 0 Å². The van der Waals surface area contributed by atoms with Gasteiger partial charge in [-0.15, -0.1) is 0 Å². The summed E-state index contributed by atoms with van der Waals surface area (Å²) in [6, 6.07) is 12.2. The van der Waals surface area contributed by atoms with E-state index in [-0.39, 0.29) is 0 Å². The SMILES string of the molecule is CCCc1nc2ccccc2n1Cc1ccc(NN)nc1. The highest BCUT2D eigenvalue weighted by molar-refractivity contribution is 5.76. The Kier molecular flexibility index (Phi) is 3.83. The van der Waals surface area contributed by atoms with Gasteiger partial charge in [-0.05, 0) is 30.2 Å². The van der Waals surface area contributed by atoms with Crippen molar-refractivity contribution in [1.29, 1.82) is 0 Å². The Labute approximate surface area is 123 Å². The molecule has 5 heteroatoms. The second kappa shape index (κ2) is 5.93. The largest absolute Gasteiger partial charge is 0.323 e. The lowest BCUT2D eigenvalue weighted by Crippen LogP contribution is -2.09. The number of benzene rings is 1. The first-order valence-corrected chi connectivity index (χ1v) is 7.17. The predicted molar refractivity (Wildman–Crippen MR) is 84.9 cm³/mol. The van der Waals surface area contributed by atoms with E-state index in [2.05, 4.69) is 40.1 Å². The summed E-state index contributed by atoms with van der Waals surface area (Å²) >= 11 is 0. The standard InChI is InChI=1S/C16H19N5/c1-2-5-16-19-13-6-3-4-7-14(13)21(16)11-12-8-9-15(20-17)18-10-12/h3-4,6-10H,2,5,11,17H2,1H3,(H,18,20). The molecule has 0 fully saturated rings. The van der Waals surface area contributed by atoms with Gasteiger partial charge < -0.3 is 9.99 Å². The molecule has 0 saturated carbocycles. The van der Waals surface area contributed by atoms with Gasteiger partial charge in [0.1, 0.15) is 11.6 Å². The third-order valence-corrected chi connectivity index (χ3v) is 3.52. The maximum atomic E-state index is 5.35. The van der Waals surface area contributed by atoms with Gasteiger partial charge in [0.15, 0.2) is 0 Å². The summed E-state index contributed by atoms with van der Waals surface area (Å²) in [5.41, 5.74) is 5.90. The minimum absolute atomic E-state index is 0.669. The van der Waals surface area contributed by atoms with Gasteiger partial charge in [-0.25, -0.2) is 15.8 Å². The van der Waals surface area contributed by atoms with Crippen molar-refractivity contribution < 1.29 is 0 Å². The molecule has 0 unspecified atom stereocenters. The monoisotopic (exact) mass is 281 g/mol. The Morgan fingerprint density at radius 2 is 2.05 bits per heavy atom. The summed E-state index contributed by atoms with van der Waals surface area (Å²) in [5.74, 6) is 7.14. The summed E-state index contributed by atoms with van der Waals surface area (Å²) in [6.45, 7) is 2.95. The first-order valence-electron chi connectivity index (χ1n) is 7.17. The number of aryl methyl sites for hydroxylation is 1. The topological polar surface area (TPSA) is 68.8 Å². The van der Waals surface area contributed by atoms with Crippen molar-refractivity contribution in [2.45, 2.75) is 26.3 Å². The lowest BCUT2D eigenvalue weighted by atomic mass is 10.2. The fourth-order valence-electron chi connectivity index (χ4n) is 2.50. The van der Waals surface area contributed by atoms with E-state index in [9.17, 15) is 0 Å². The first-order chi connectivity index (χ1) is 10.3. The number of hydrazine groups is 1. The number of hydrogen-bond acceptors (Lipinski definition) is 4. The molecule has 0 amide bonds. The molecule has 3 aromatic rings. The zero-order valence-corrected chi connectivity index (χ0v) is 12.1. The molecule has 21 heavy (non-hydrogen) atoms. The lowest BCUT2D eigenvalue weighted by molar-refractivity contribution is 0.720. The van der Waals surface area contributed by atoms with E-state index in [1.807, 2.05) is 24.4 Å². The van der Waals surface area contributed by atoms with Crippen molar-refractivity contribution in [1.82, 2.24) is 14.5 Å². The highest BCUT2D eigenvalue weighted by Gasteiger charge is 2.10. The number of imidazole rings is 1. The minimum Gasteiger partial charge on any atom is -0.323 e. The average molecular weight is 281 g/mol. The number of nitrogens with zero attached hydrogens (tertiary/aromatic N) is 3. The van der Waals surface area contributed by atoms with Crippen LogP contribution in [0.5, 0.6) is 0 Å². The summed E-state index contributed by atoms with van der Waals surface area (Å²) in [7, 11) is 0. The van der Waals surface area contributed by atoms with E-state index in [0.717, 1.165) is 36.3 Å². The summed E-state index contributed by atoms with van der Waals surface area (Å²) in [5, 5.41) is 0. The molecule has 0 spiro atoms. The van der Waals surface area contributed by atoms with Crippen LogP contribution in [0.25, 0.3) is 11.0 Å². The van der Waals surface area contributed by atoms with E-state index < -0.39 is 0 Å². The van der Waals surface area contributed by atoms with Crippen LogP contribution in [0.4, 0.5) is 5.82 Å². The molecule has 3 rings (SSSR count). The lowest BCUT2D eigenvalue weighted by Gasteiger charge is -2.09. The van der Waals surface area contributed by atoms with Crippen LogP contribution in [0, 0.1) is 0 Å². The maximum Gasteiger partial charge on any atom is 0.139 e. The van der Waals surface area contributed by atoms with Crippen molar-refractivity contribution in [2.75, 3.05) is 5.43 Å². The van der Waals surface area contributed by atoms with Crippen LogP contribution in [0.3, 0.4) is 0 Å². The van der Waals surface area contributed by atoms with E-state index in [1.54, 1.807) is 0 Å². The molecule has 3 N–H and O–H groups in total. The Bertz CT molecular complexity index is 730. The molecule has 0 aliphatic carbocycles. The molecule has 108 valence electrons. The minimum atomic E-state index is 0.669. The number of anilines is 1. The molecule has 0 aliphatic heterocycles. The molecule has 2 aromatic heterocycles. The van der Waals surface area contributed by atoms with Crippen molar-refractivity contribution >= 4 is 16.9 Å². The Morgan fingerprint density at radius 1 is 1.19 bits per heavy atom. The van der Waals surface area contributed by atoms with Gasteiger partial charge in [0.05, 0.1) is 17.6 Å². The van der Waals surface area contributed by atoms with Gasteiger partial charge in [-0.3, -0.25) is 0 Å². The fraction of sp³-hybridized carbons (Fsp3) is 0.250. The highest BCUT2D eigenvalue weighted by atomic mass is 15.2. The molecule has 2 heterocycles. The summed E-state index contributed by atoms with van der Waals surface area (Å²) < 4.78 is 2.27. The van der Waals surface area contributed by atoms with Gasteiger partial charge in [0, 0.05) is 12.6 Å². The fourth-order valence-corrected chi connectivity index (χ4v) is 2.50. The van der Waals surface area contributed by atoms with Crippen LogP contribution in [0.15, 0.2) is 42.6 Å². The van der Waals surface area contributed by atoms with Gasteiger partial charge in [0.2, 0.25) is 0 Å². The van der Waals surface area contributed by atoms with Gasteiger partial charge in [0.25, 0.3) is 0 Å². The highest BCUT2D eigenvalue weighted by Crippen LogP contribution is 2.19. The van der Waals surface area contributed by atoms with Crippen LogP contribution < -0.4 is 11.3 Å². The Balaban J connectivity index is 1.99. The third-order valence-electron chi connectivity index (χ3n) is 3.52. The summed E-state index contributed by atoms with van der Waals surface area (Å²) in [4.78, 5) is 9.01. The van der Waals surface area contributed by atoms with Gasteiger partial charge in [-0.1, -0.05) is 25.1 Å². The molecular formula is C16H19N5. The van der Waals surface area contributed by atoms with Gasteiger partial charge >= 0.3 is 0 Å². The molecule has 0 atom stereocenters. The van der Waals surface area contributed by atoms with E-state index in [1.165, 1.54) is 5.52 Å². The number of aromatic nitrogens is 3. The van der Waals surface area contributed by atoms with Crippen LogP contribution in [-0.2, 0) is 13.0 Å². The molecule has 0 bridgehead atoms. The van der Waals surface area contributed by atoms with Crippen molar-refractivity contribution in [3.63, 3.8) is 0 Å². The van der Waals surface area contributed by atoms with Gasteiger partial charge in [-0.2, -0.15) is 0 Å².